The van der Waals surface area contributed by atoms with Gasteiger partial charge in [-0.2, -0.15) is 0 Å². The average Bonchev–Trinajstić information content (AvgIpc) is 2.76. The molecule has 1 unspecified atom stereocenters. The first kappa shape index (κ1) is 12.1. The normalized spacial score (nSPS) is 12.4. The van der Waals surface area contributed by atoms with Gasteiger partial charge in [0.05, 0.1) is 12.6 Å². The highest BCUT2D eigenvalue weighted by Gasteiger charge is 2.09. The lowest BCUT2D eigenvalue weighted by Crippen LogP contribution is -2.06. The molecule has 0 saturated heterocycles. The fourth-order valence-electron chi connectivity index (χ4n) is 1.90. The van der Waals surface area contributed by atoms with E-state index in [4.69, 9.17) is 5.11 Å². The second kappa shape index (κ2) is 5.34. The Balaban J connectivity index is 2.13. The largest absolute Gasteiger partial charge is 0.392 e. The maximum absolute atomic E-state index is 9.10. The van der Waals surface area contributed by atoms with Gasteiger partial charge in [0.15, 0.2) is 0 Å². The Morgan fingerprint density at radius 3 is 2.82 bits per heavy atom. The van der Waals surface area contributed by atoms with Crippen LogP contribution in [0.25, 0.3) is 0 Å². The first-order chi connectivity index (χ1) is 8.20. The van der Waals surface area contributed by atoms with E-state index in [1.807, 2.05) is 24.3 Å². The van der Waals surface area contributed by atoms with Crippen molar-refractivity contribution in [3.05, 3.63) is 51.7 Å². The Bertz CT molecular complexity index is 492. The van der Waals surface area contributed by atoms with Gasteiger partial charge < -0.3 is 10.4 Å². The van der Waals surface area contributed by atoms with Crippen LogP contribution in [0.2, 0.25) is 0 Å². The molecule has 17 heavy (non-hydrogen) atoms. The molecule has 0 aliphatic heterocycles. The SMILES string of the molecule is Cc1ccsc1C(C)Nc1cccc(CO)c1. The topological polar surface area (TPSA) is 32.3 Å². The maximum Gasteiger partial charge on any atom is 0.0682 e. The van der Waals surface area contributed by atoms with Crippen LogP contribution in [0.1, 0.15) is 29.0 Å². The van der Waals surface area contributed by atoms with Gasteiger partial charge in [0.1, 0.15) is 0 Å². The number of aryl methyl sites for hydroxylation is 1. The highest BCUT2D eigenvalue weighted by molar-refractivity contribution is 7.10. The fourth-order valence-corrected chi connectivity index (χ4v) is 2.84. The van der Waals surface area contributed by atoms with Crippen molar-refractivity contribution in [2.45, 2.75) is 26.5 Å². The lowest BCUT2D eigenvalue weighted by atomic mass is 10.1. The van der Waals surface area contributed by atoms with Crippen molar-refractivity contribution in [2.24, 2.45) is 0 Å². The summed E-state index contributed by atoms with van der Waals surface area (Å²) >= 11 is 1.77. The van der Waals surface area contributed by atoms with Gasteiger partial charge in [-0.25, -0.2) is 0 Å². The van der Waals surface area contributed by atoms with Crippen molar-refractivity contribution in [2.75, 3.05) is 5.32 Å². The molecule has 0 fully saturated rings. The van der Waals surface area contributed by atoms with E-state index in [0.29, 0.717) is 6.04 Å². The van der Waals surface area contributed by atoms with Gasteiger partial charge in [0, 0.05) is 10.6 Å². The first-order valence-electron chi connectivity index (χ1n) is 5.71. The van der Waals surface area contributed by atoms with Crippen molar-refractivity contribution in [1.82, 2.24) is 0 Å². The average molecular weight is 247 g/mol. The van der Waals surface area contributed by atoms with Crippen LogP contribution < -0.4 is 5.32 Å². The van der Waals surface area contributed by atoms with Gasteiger partial charge in [0.2, 0.25) is 0 Å². The van der Waals surface area contributed by atoms with E-state index in [-0.39, 0.29) is 6.61 Å². The Morgan fingerprint density at radius 1 is 1.35 bits per heavy atom. The summed E-state index contributed by atoms with van der Waals surface area (Å²) in [6.45, 7) is 4.38. The number of anilines is 1. The Morgan fingerprint density at radius 2 is 2.18 bits per heavy atom. The molecule has 0 amide bonds. The second-order valence-corrected chi connectivity index (χ2v) is 5.14. The van der Waals surface area contributed by atoms with Crippen LogP contribution >= 0.6 is 11.3 Å². The molecule has 0 spiro atoms. The van der Waals surface area contributed by atoms with E-state index in [0.717, 1.165) is 11.3 Å². The summed E-state index contributed by atoms with van der Waals surface area (Å²) in [5, 5.41) is 14.7. The van der Waals surface area contributed by atoms with Crippen LogP contribution in [-0.2, 0) is 6.61 Å². The summed E-state index contributed by atoms with van der Waals surface area (Å²) in [6.07, 6.45) is 0. The molecule has 0 radical (unpaired) electrons. The molecule has 2 N–H and O–H groups in total. The number of benzene rings is 1. The van der Waals surface area contributed by atoms with E-state index in [9.17, 15) is 0 Å². The number of hydrogen-bond donors (Lipinski definition) is 2. The predicted molar refractivity (Wildman–Crippen MR) is 73.5 cm³/mol. The minimum Gasteiger partial charge on any atom is -0.392 e. The Labute approximate surface area is 106 Å². The highest BCUT2D eigenvalue weighted by atomic mass is 32.1. The third kappa shape index (κ3) is 2.87. The van der Waals surface area contributed by atoms with E-state index in [2.05, 4.69) is 30.6 Å². The standard InChI is InChI=1S/C14H17NOS/c1-10-6-7-17-14(10)11(2)15-13-5-3-4-12(8-13)9-16/h3-8,11,15-16H,9H2,1-2H3. The van der Waals surface area contributed by atoms with Crippen molar-refractivity contribution in [3.63, 3.8) is 0 Å². The van der Waals surface area contributed by atoms with Crippen molar-refractivity contribution < 1.29 is 5.11 Å². The van der Waals surface area contributed by atoms with Gasteiger partial charge in [-0.15, -0.1) is 11.3 Å². The van der Waals surface area contributed by atoms with E-state index in [1.165, 1.54) is 10.4 Å². The second-order valence-electron chi connectivity index (χ2n) is 4.19. The van der Waals surface area contributed by atoms with Crippen molar-refractivity contribution in [3.8, 4) is 0 Å². The van der Waals surface area contributed by atoms with Gasteiger partial charge in [-0.3, -0.25) is 0 Å². The smallest absolute Gasteiger partial charge is 0.0682 e. The van der Waals surface area contributed by atoms with Crippen molar-refractivity contribution in [1.29, 1.82) is 0 Å². The number of hydrogen-bond acceptors (Lipinski definition) is 3. The Hall–Kier alpha value is -1.32. The molecule has 1 aromatic carbocycles. The maximum atomic E-state index is 9.10. The molecule has 1 heterocycles. The number of rotatable bonds is 4. The number of aliphatic hydroxyl groups is 1. The van der Waals surface area contributed by atoms with Crippen molar-refractivity contribution >= 4 is 17.0 Å². The zero-order chi connectivity index (χ0) is 12.3. The lowest BCUT2D eigenvalue weighted by molar-refractivity contribution is 0.282. The molecule has 1 aromatic heterocycles. The van der Waals surface area contributed by atoms with Gasteiger partial charge in [0.25, 0.3) is 0 Å². The van der Waals surface area contributed by atoms with Crippen LogP contribution in [0.15, 0.2) is 35.7 Å². The number of nitrogens with one attached hydrogen (secondary N) is 1. The van der Waals surface area contributed by atoms with Gasteiger partial charge in [-0.1, -0.05) is 12.1 Å². The summed E-state index contributed by atoms with van der Waals surface area (Å²) in [7, 11) is 0. The number of aliphatic hydroxyl groups excluding tert-OH is 1. The monoisotopic (exact) mass is 247 g/mol. The third-order valence-corrected chi connectivity index (χ3v) is 3.99. The molecule has 2 aromatic rings. The zero-order valence-electron chi connectivity index (χ0n) is 10.1. The summed E-state index contributed by atoms with van der Waals surface area (Å²) in [6, 6.07) is 10.3. The molecule has 3 heteroatoms. The molecular weight excluding hydrogens is 230 g/mol. The van der Waals surface area contributed by atoms with E-state index >= 15 is 0 Å². The van der Waals surface area contributed by atoms with Gasteiger partial charge in [-0.05, 0) is 48.6 Å². The van der Waals surface area contributed by atoms with E-state index in [1.54, 1.807) is 11.3 Å². The van der Waals surface area contributed by atoms with Crippen LogP contribution in [0.3, 0.4) is 0 Å². The molecule has 0 aliphatic carbocycles. The minimum absolute atomic E-state index is 0.0852. The van der Waals surface area contributed by atoms with Crippen LogP contribution in [0.5, 0.6) is 0 Å². The molecule has 2 rings (SSSR count). The fraction of sp³-hybridized carbons (Fsp3) is 0.286. The predicted octanol–water partition coefficient (Wildman–Crippen LogP) is 3.72. The zero-order valence-corrected chi connectivity index (χ0v) is 10.9. The summed E-state index contributed by atoms with van der Waals surface area (Å²) < 4.78 is 0. The molecule has 0 saturated carbocycles. The minimum atomic E-state index is 0.0852. The molecular formula is C14H17NOS. The van der Waals surface area contributed by atoms with Crippen LogP contribution in [-0.4, -0.2) is 5.11 Å². The molecule has 0 aliphatic rings. The molecule has 0 bridgehead atoms. The Kier molecular flexibility index (Phi) is 3.82. The van der Waals surface area contributed by atoms with E-state index < -0.39 is 0 Å². The number of thiophene rings is 1. The molecule has 90 valence electrons. The summed E-state index contributed by atoms with van der Waals surface area (Å²) in [5.41, 5.74) is 3.32. The first-order valence-corrected chi connectivity index (χ1v) is 6.59. The van der Waals surface area contributed by atoms with Crippen LogP contribution in [0.4, 0.5) is 5.69 Å². The molecule has 1 atom stereocenters. The summed E-state index contributed by atoms with van der Waals surface area (Å²) in [5.74, 6) is 0. The molecule has 2 nitrogen and oxygen atoms in total. The lowest BCUT2D eigenvalue weighted by Gasteiger charge is -2.15. The third-order valence-electron chi connectivity index (χ3n) is 2.79. The van der Waals surface area contributed by atoms with Crippen LogP contribution in [0, 0.1) is 6.92 Å². The highest BCUT2D eigenvalue weighted by Crippen LogP contribution is 2.26. The quantitative estimate of drug-likeness (QED) is 0.863. The summed E-state index contributed by atoms with van der Waals surface area (Å²) in [4.78, 5) is 1.36. The van der Waals surface area contributed by atoms with Gasteiger partial charge >= 0.3 is 0 Å².